The van der Waals surface area contributed by atoms with Crippen LogP contribution in [0, 0.1) is 5.82 Å². The van der Waals surface area contributed by atoms with Crippen molar-refractivity contribution in [2.75, 3.05) is 11.9 Å². The predicted octanol–water partition coefficient (Wildman–Crippen LogP) is 2.50. The molecule has 1 aliphatic rings. The SMILES string of the molecule is O=C(O)c1ccncc1Nc1nn(C2CCN2)c2ccc(F)cc12. The van der Waals surface area contributed by atoms with Crippen LogP contribution in [0.3, 0.4) is 0 Å². The van der Waals surface area contributed by atoms with E-state index in [0.29, 0.717) is 16.9 Å². The van der Waals surface area contributed by atoms with Gasteiger partial charge in [-0.05, 0) is 30.7 Å². The number of hydrogen-bond donors (Lipinski definition) is 3. The molecule has 0 saturated carbocycles. The van der Waals surface area contributed by atoms with E-state index in [1.54, 1.807) is 10.7 Å². The first-order chi connectivity index (χ1) is 11.6. The van der Waals surface area contributed by atoms with E-state index >= 15 is 0 Å². The highest BCUT2D eigenvalue weighted by molar-refractivity contribution is 5.97. The zero-order valence-electron chi connectivity index (χ0n) is 12.5. The Morgan fingerprint density at radius 1 is 1.42 bits per heavy atom. The molecule has 4 rings (SSSR count). The summed E-state index contributed by atoms with van der Waals surface area (Å²) in [6, 6.07) is 5.84. The van der Waals surface area contributed by atoms with Gasteiger partial charge in [-0.15, -0.1) is 0 Å². The number of benzene rings is 1. The Kier molecular flexibility index (Phi) is 3.39. The van der Waals surface area contributed by atoms with Gasteiger partial charge in [-0.25, -0.2) is 13.9 Å². The van der Waals surface area contributed by atoms with Gasteiger partial charge in [-0.1, -0.05) is 0 Å². The molecule has 1 aliphatic heterocycles. The normalized spacial score (nSPS) is 16.8. The average molecular weight is 327 g/mol. The number of rotatable bonds is 4. The smallest absolute Gasteiger partial charge is 0.337 e. The second-order valence-electron chi connectivity index (χ2n) is 5.56. The fraction of sp³-hybridized carbons (Fsp3) is 0.188. The molecule has 0 aliphatic carbocycles. The van der Waals surface area contributed by atoms with Gasteiger partial charge in [0.15, 0.2) is 5.82 Å². The van der Waals surface area contributed by atoms with Crippen molar-refractivity contribution in [1.29, 1.82) is 0 Å². The predicted molar refractivity (Wildman–Crippen MR) is 85.8 cm³/mol. The summed E-state index contributed by atoms with van der Waals surface area (Å²) < 4.78 is 15.5. The van der Waals surface area contributed by atoms with E-state index in [-0.39, 0.29) is 17.5 Å². The summed E-state index contributed by atoms with van der Waals surface area (Å²) in [4.78, 5) is 15.3. The van der Waals surface area contributed by atoms with Gasteiger partial charge in [0.05, 0.1) is 23.0 Å². The zero-order chi connectivity index (χ0) is 16.7. The van der Waals surface area contributed by atoms with Gasteiger partial charge in [-0.3, -0.25) is 10.3 Å². The Balaban J connectivity index is 1.82. The molecule has 2 aromatic heterocycles. The van der Waals surface area contributed by atoms with E-state index in [0.717, 1.165) is 18.5 Å². The van der Waals surface area contributed by atoms with Gasteiger partial charge >= 0.3 is 5.97 Å². The number of hydrogen-bond acceptors (Lipinski definition) is 5. The van der Waals surface area contributed by atoms with Crippen LogP contribution in [-0.2, 0) is 0 Å². The molecule has 1 atom stereocenters. The van der Waals surface area contributed by atoms with Crippen LogP contribution in [0.15, 0.2) is 36.7 Å². The molecule has 3 N–H and O–H groups in total. The molecule has 1 saturated heterocycles. The third kappa shape index (κ3) is 2.37. The largest absolute Gasteiger partial charge is 0.478 e. The lowest BCUT2D eigenvalue weighted by Crippen LogP contribution is -2.39. The average Bonchev–Trinajstić information content (AvgIpc) is 2.84. The highest BCUT2D eigenvalue weighted by Gasteiger charge is 2.23. The quantitative estimate of drug-likeness (QED) is 0.682. The van der Waals surface area contributed by atoms with Crippen molar-refractivity contribution >= 4 is 28.4 Å². The maximum atomic E-state index is 13.7. The van der Waals surface area contributed by atoms with E-state index in [2.05, 4.69) is 20.7 Å². The van der Waals surface area contributed by atoms with Crippen LogP contribution in [-0.4, -0.2) is 32.4 Å². The third-order valence-electron chi connectivity index (χ3n) is 4.07. The molecule has 7 nitrogen and oxygen atoms in total. The summed E-state index contributed by atoms with van der Waals surface area (Å²) in [6.45, 7) is 0.905. The molecule has 0 amide bonds. The summed E-state index contributed by atoms with van der Waals surface area (Å²) in [6.07, 6.45) is 3.81. The molecule has 0 radical (unpaired) electrons. The molecule has 24 heavy (non-hydrogen) atoms. The van der Waals surface area contributed by atoms with E-state index < -0.39 is 5.97 Å². The number of carboxylic acids is 1. The second-order valence-corrected chi connectivity index (χ2v) is 5.56. The molecule has 8 heteroatoms. The second kappa shape index (κ2) is 5.57. The van der Waals surface area contributed by atoms with Crippen molar-refractivity contribution < 1.29 is 14.3 Å². The first-order valence-electron chi connectivity index (χ1n) is 7.49. The van der Waals surface area contributed by atoms with E-state index in [4.69, 9.17) is 0 Å². The van der Waals surface area contributed by atoms with Gasteiger partial charge in [0.2, 0.25) is 0 Å². The molecule has 1 aromatic carbocycles. The number of aromatic nitrogens is 3. The minimum atomic E-state index is -1.07. The van der Waals surface area contributed by atoms with Crippen LogP contribution in [0.25, 0.3) is 10.9 Å². The molecular weight excluding hydrogens is 313 g/mol. The summed E-state index contributed by atoms with van der Waals surface area (Å²) in [5.74, 6) is -1.06. The first kappa shape index (κ1) is 14.6. The Morgan fingerprint density at radius 2 is 2.25 bits per heavy atom. The van der Waals surface area contributed by atoms with Crippen LogP contribution < -0.4 is 10.6 Å². The van der Waals surface area contributed by atoms with Crippen LogP contribution in [0.2, 0.25) is 0 Å². The molecule has 0 bridgehead atoms. The maximum absolute atomic E-state index is 13.7. The number of nitrogens with zero attached hydrogens (tertiary/aromatic N) is 3. The van der Waals surface area contributed by atoms with Gasteiger partial charge in [0.1, 0.15) is 12.0 Å². The summed E-state index contributed by atoms with van der Waals surface area (Å²) in [5.41, 5.74) is 1.16. The van der Waals surface area contributed by atoms with Gasteiger partial charge in [0.25, 0.3) is 0 Å². The van der Waals surface area contributed by atoms with E-state index in [9.17, 15) is 14.3 Å². The van der Waals surface area contributed by atoms with Gasteiger partial charge in [-0.2, -0.15) is 5.10 Å². The van der Waals surface area contributed by atoms with E-state index in [1.807, 2.05) is 0 Å². The van der Waals surface area contributed by atoms with Crippen molar-refractivity contribution in [3.63, 3.8) is 0 Å². The minimum Gasteiger partial charge on any atom is -0.478 e. The molecule has 0 spiro atoms. The van der Waals surface area contributed by atoms with Crippen molar-refractivity contribution in [2.45, 2.75) is 12.6 Å². The molecule has 122 valence electrons. The van der Waals surface area contributed by atoms with Crippen LogP contribution in [0.1, 0.15) is 22.9 Å². The zero-order valence-corrected chi connectivity index (χ0v) is 12.5. The number of pyridine rings is 1. The van der Waals surface area contributed by atoms with Crippen LogP contribution in [0.5, 0.6) is 0 Å². The fourth-order valence-corrected chi connectivity index (χ4v) is 2.73. The lowest BCUT2D eigenvalue weighted by molar-refractivity contribution is 0.0698. The Bertz CT molecular complexity index is 935. The van der Waals surface area contributed by atoms with Crippen molar-refractivity contribution in [3.05, 3.63) is 48.0 Å². The first-order valence-corrected chi connectivity index (χ1v) is 7.49. The topological polar surface area (TPSA) is 92.1 Å². The number of nitrogens with one attached hydrogen (secondary N) is 2. The minimum absolute atomic E-state index is 0.0568. The maximum Gasteiger partial charge on any atom is 0.337 e. The van der Waals surface area contributed by atoms with Crippen LogP contribution in [0.4, 0.5) is 15.9 Å². The highest BCUT2D eigenvalue weighted by Crippen LogP contribution is 2.31. The molecule has 3 aromatic rings. The number of aromatic carboxylic acids is 1. The standard InChI is InChI=1S/C16H14FN5O2/c17-9-1-2-13-11(7-9)15(21-22(13)14-4-6-19-14)20-12-8-18-5-3-10(12)16(23)24/h1-3,5,7-8,14,19H,4,6H2,(H,20,21)(H,23,24). The van der Waals surface area contributed by atoms with Gasteiger partial charge in [0, 0.05) is 18.1 Å². The number of halogens is 1. The third-order valence-corrected chi connectivity index (χ3v) is 4.07. The molecular formula is C16H14FN5O2. The lowest BCUT2D eigenvalue weighted by atomic mass is 10.2. The van der Waals surface area contributed by atoms with Crippen molar-refractivity contribution in [3.8, 4) is 0 Å². The van der Waals surface area contributed by atoms with Crippen molar-refractivity contribution in [1.82, 2.24) is 20.1 Å². The number of fused-ring (bicyclic) bond motifs is 1. The molecule has 3 heterocycles. The molecule has 1 fully saturated rings. The van der Waals surface area contributed by atoms with Gasteiger partial charge < -0.3 is 10.4 Å². The monoisotopic (exact) mass is 327 g/mol. The number of anilines is 2. The summed E-state index contributed by atoms with van der Waals surface area (Å²) in [7, 11) is 0. The Hall–Kier alpha value is -3.00. The van der Waals surface area contributed by atoms with Crippen molar-refractivity contribution in [2.24, 2.45) is 0 Å². The fourth-order valence-electron chi connectivity index (χ4n) is 2.73. The van der Waals surface area contributed by atoms with Crippen LogP contribution >= 0.6 is 0 Å². The Labute approximate surface area is 136 Å². The summed E-state index contributed by atoms with van der Waals surface area (Å²) >= 11 is 0. The lowest BCUT2D eigenvalue weighted by Gasteiger charge is -2.28. The summed E-state index contributed by atoms with van der Waals surface area (Å²) in [5, 5.41) is 20.6. The van der Waals surface area contributed by atoms with E-state index in [1.165, 1.54) is 30.6 Å². The Morgan fingerprint density at radius 3 is 2.96 bits per heavy atom. The highest BCUT2D eigenvalue weighted by atomic mass is 19.1. The molecule has 1 unspecified atom stereocenters. The number of carbonyl (C=O) groups is 1. The number of carboxylic acid groups (broad SMARTS) is 1.